The van der Waals surface area contributed by atoms with E-state index in [4.69, 9.17) is 4.74 Å². The van der Waals surface area contributed by atoms with Crippen LogP contribution in [-0.2, 0) is 27.2 Å². The average Bonchev–Trinajstić information content (AvgIpc) is 2.67. The van der Waals surface area contributed by atoms with Gasteiger partial charge in [0.15, 0.2) is 0 Å². The summed E-state index contributed by atoms with van der Waals surface area (Å²) in [7, 11) is 1.53. The largest absolute Gasteiger partial charge is 0.375 e. The number of likely N-dealkylation sites (tertiary alicyclic amines) is 1. The first-order valence-electron chi connectivity index (χ1n) is 9.77. The summed E-state index contributed by atoms with van der Waals surface area (Å²) in [4.78, 5) is 26.3. The van der Waals surface area contributed by atoms with Gasteiger partial charge in [-0.1, -0.05) is 18.2 Å². The fraction of sp³-hybridized carbons (Fsp3) is 0.619. The van der Waals surface area contributed by atoms with Gasteiger partial charge in [-0.3, -0.25) is 9.59 Å². The highest BCUT2D eigenvalue weighted by atomic mass is 16.5. The van der Waals surface area contributed by atoms with E-state index < -0.39 is 0 Å². The second-order valence-corrected chi connectivity index (χ2v) is 7.55. The van der Waals surface area contributed by atoms with Gasteiger partial charge in [0.25, 0.3) is 0 Å². The van der Waals surface area contributed by atoms with E-state index in [-0.39, 0.29) is 30.4 Å². The van der Waals surface area contributed by atoms with Crippen LogP contribution < -0.4 is 5.32 Å². The Morgan fingerprint density at radius 3 is 2.58 bits per heavy atom. The van der Waals surface area contributed by atoms with Crippen LogP contribution in [0.1, 0.15) is 55.3 Å². The highest BCUT2D eigenvalue weighted by molar-refractivity contribution is 5.80. The van der Waals surface area contributed by atoms with Crippen molar-refractivity contribution in [1.82, 2.24) is 10.2 Å². The molecule has 1 aliphatic heterocycles. The van der Waals surface area contributed by atoms with Gasteiger partial charge < -0.3 is 15.0 Å². The smallest absolute Gasteiger partial charge is 0.248 e. The van der Waals surface area contributed by atoms with Gasteiger partial charge >= 0.3 is 0 Å². The van der Waals surface area contributed by atoms with Crippen molar-refractivity contribution < 1.29 is 14.3 Å². The van der Waals surface area contributed by atoms with Crippen LogP contribution in [0.3, 0.4) is 0 Å². The Labute approximate surface area is 156 Å². The van der Waals surface area contributed by atoms with E-state index in [9.17, 15) is 9.59 Å². The van der Waals surface area contributed by atoms with Gasteiger partial charge in [-0.15, -0.1) is 0 Å². The molecule has 0 spiro atoms. The number of carbonyl (C=O) groups is 2. The first kappa shape index (κ1) is 18.9. The summed E-state index contributed by atoms with van der Waals surface area (Å²) in [5.74, 6) is 0.101. The van der Waals surface area contributed by atoms with E-state index in [1.54, 1.807) is 4.90 Å². The summed E-state index contributed by atoms with van der Waals surface area (Å²) >= 11 is 0. The van der Waals surface area contributed by atoms with E-state index >= 15 is 0 Å². The van der Waals surface area contributed by atoms with E-state index in [1.165, 1.54) is 43.1 Å². The fourth-order valence-electron chi connectivity index (χ4n) is 4.04. The zero-order chi connectivity index (χ0) is 18.5. The maximum absolute atomic E-state index is 12.6. The molecule has 26 heavy (non-hydrogen) atoms. The maximum atomic E-state index is 12.6. The van der Waals surface area contributed by atoms with Crippen molar-refractivity contribution in [2.45, 2.75) is 51.5 Å². The Bertz CT molecular complexity index is 651. The Hall–Kier alpha value is -1.88. The van der Waals surface area contributed by atoms with Crippen LogP contribution in [0.25, 0.3) is 0 Å². The molecule has 1 saturated heterocycles. The molecule has 5 nitrogen and oxygen atoms in total. The number of hydrogen-bond donors (Lipinski definition) is 1. The van der Waals surface area contributed by atoms with Crippen molar-refractivity contribution in [3.63, 3.8) is 0 Å². The van der Waals surface area contributed by atoms with E-state index in [2.05, 4.69) is 30.4 Å². The van der Waals surface area contributed by atoms with Crippen LogP contribution in [0, 0.1) is 5.92 Å². The molecule has 1 aliphatic carbocycles. The lowest BCUT2D eigenvalue weighted by atomic mass is 9.89. The van der Waals surface area contributed by atoms with Crippen LogP contribution >= 0.6 is 0 Å². The molecule has 3 rings (SSSR count). The number of hydrogen-bond acceptors (Lipinski definition) is 3. The molecule has 0 aromatic heterocycles. The standard InChI is InChI=1S/C21H30N2O3/c1-15(18-8-7-16-5-3-4-6-19(16)13-18)22-21(25)17-9-11-23(12-10-17)20(24)14-26-2/h7-8,13,15,17H,3-6,9-12,14H2,1-2H3,(H,22,25)/t15-/m0/s1. The molecule has 0 unspecified atom stereocenters. The van der Waals surface area contributed by atoms with Crippen LogP contribution in [0.2, 0.25) is 0 Å². The Balaban J connectivity index is 1.53. The minimum atomic E-state index is -0.0123. The number of piperidine rings is 1. The van der Waals surface area contributed by atoms with Gasteiger partial charge in [0.2, 0.25) is 11.8 Å². The van der Waals surface area contributed by atoms with Gasteiger partial charge in [0, 0.05) is 26.1 Å². The SMILES string of the molecule is COCC(=O)N1CCC(C(=O)N[C@@H](C)c2ccc3c(c2)CCCC3)CC1. The number of fused-ring (bicyclic) bond motifs is 1. The van der Waals surface area contributed by atoms with Gasteiger partial charge in [-0.25, -0.2) is 0 Å². The van der Waals surface area contributed by atoms with E-state index in [0.717, 1.165) is 19.3 Å². The van der Waals surface area contributed by atoms with Gasteiger partial charge in [0.1, 0.15) is 6.61 Å². The lowest BCUT2D eigenvalue weighted by Gasteiger charge is -2.32. The molecule has 1 fully saturated rings. The van der Waals surface area contributed by atoms with Gasteiger partial charge in [-0.2, -0.15) is 0 Å². The summed E-state index contributed by atoms with van der Waals surface area (Å²) in [5.41, 5.74) is 4.10. The summed E-state index contributed by atoms with van der Waals surface area (Å²) in [5, 5.41) is 3.17. The molecule has 1 heterocycles. The molecular formula is C21H30N2O3. The van der Waals surface area contributed by atoms with Crippen molar-refractivity contribution >= 4 is 11.8 Å². The summed E-state index contributed by atoms with van der Waals surface area (Å²) in [6.45, 7) is 3.44. The molecule has 2 aliphatic rings. The zero-order valence-electron chi connectivity index (χ0n) is 15.9. The number of amides is 2. The predicted octanol–water partition coefficient (Wildman–Crippen LogP) is 2.63. The molecule has 0 saturated carbocycles. The highest BCUT2D eigenvalue weighted by Crippen LogP contribution is 2.25. The van der Waals surface area contributed by atoms with Gasteiger partial charge in [-0.05, 0) is 62.1 Å². The maximum Gasteiger partial charge on any atom is 0.248 e. The van der Waals surface area contributed by atoms with Crippen LogP contribution in [0.15, 0.2) is 18.2 Å². The first-order valence-corrected chi connectivity index (χ1v) is 9.77. The Kier molecular flexibility index (Phi) is 6.30. The van der Waals surface area contributed by atoms with Crippen molar-refractivity contribution in [1.29, 1.82) is 0 Å². The number of rotatable bonds is 5. The number of aryl methyl sites for hydroxylation is 2. The van der Waals surface area contributed by atoms with Crippen molar-refractivity contribution in [2.75, 3.05) is 26.8 Å². The second-order valence-electron chi connectivity index (χ2n) is 7.55. The zero-order valence-corrected chi connectivity index (χ0v) is 15.9. The van der Waals surface area contributed by atoms with Crippen LogP contribution in [0.4, 0.5) is 0 Å². The lowest BCUT2D eigenvalue weighted by molar-refractivity contribution is -0.138. The van der Waals surface area contributed by atoms with E-state index in [1.807, 2.05) is 0 Å². The molecular weight excluding hydrogens is 328 g/mol. The number of benzene rings is 1. The quantitative estimate of drug-likeness (QED) is 0.880. The molecule has 0 bridgehead atoms. The normalized spacial score (nSPS) is 18.9. The Morgan fingerprint density at radius 1 is 1.19 bits per heavy atom. The van der Waals surface area contributed by atoms with Crippen molar-refractivity contribution in [3.8, 4) is 0 Å². The van der Waals surface area contributed by atoms with Crippen LogP contribution in [-0.4, -0.2) is 43.5 Å². The third kappa shape index (κ3) is 4.44. The third-order valence-corrected chi connectivity index (χ3v) is 5.72. The van der Waals surface area contributed by atoms with E-state index in [0.29, 0.717) is 13.1 Å². The number of ether oxygens (including phenoxy) is 1. The Morgan fingerprint density at radius 2 is 1.88 bits per heavy atom. The highest BCUT2D eigenvalue weighted by Gasteiger charge is 2.28. The van der Waals surface area contributed by atoms with Gasteiger partial charge in [0.05, 0.1) is 6.04 Å². The molecule has 142 valence electrons. The topological polar surface area (TPSA) is 58.6 Å². The molecule has 1 N–H and O–H groups in total. The summed E-state index contributed by atoms with van der Waals surface area (Å²) in [6, 6.07) is 6.67. The molecule has 1 aromatic carbocycles. The number of nitrogens with one attached hydrogen (secondary N) is 1. The summed E-state index contributed by atoms with van der Waals surface area (Å²) in [6.07, 6.45) is 6.31. The van der Waals surface area contributed by atoms with Crippen LogP contribution in [0.5, 0.6) is 0 Å². The fourth-order valence-corrected chi connectivity index (χ4v) is 4.04. The van der Waals surface area contributed by atoms with Crippen molar-refractivity contribution in [3.05, 3.63) is 34.9 Å². The number of methoxy groups -OCH3 is 1. The second kappa shape index (κ2) is 8.67. The molecule has 0 radical (unpaired) electrons. The number of carbonyl (C=O) groups excluding carboxylic acids is 2. The predicted molar refractivity (Wildman–Crippen MR) is 101 cm³/mol. The molecule has 1 aromatic rings. The minimum Gasteiger partial charge on any atom is -0.375 e. The molecule has 1 atom stereocenters. The molecule has 2 amide bonds. The lowest BCUT2D eigenvalue weighted by Crippen LogP contribution is -2.44. The van der Waals surface area contributed by atoms with Crippen molar-refractivity contribution in [2.24, 2.45) is 5.92 Å². The first-order chi connectivity index (χ1) is 12.6. The summed E-state index contributed by atoms with van der Waals surface area (Å²) < 4.78 is 4.90. The number of nitrogens with zero attached hydrogens (tertiary/aromatic N) is 1. The third-order valence-electron chi connectivity index (χ3n) is 5.72. The monoisotopic (exact) mass is 358 g/mol. The minimum absolute atomic E-state index is 0.00813. The average molecular weight is 358 g/mol. The molecule has 5 heteroatoms.